The summed E-state index contributed by atoms with van der Waals surface area (Å²) in [6.45, 7) is 8.02. The molecule has 2 aromatic carbocycles. The maximum Gasteiger partial charge on any atom is 0.338 e. The van der Waals surface area contributed by atoms with Gasteiger partial charge in [0.2, 0.25) is 0 Å². The molecular weight excluding hydrogens is 368 g/mol. The van der Waals surface area contributed by atoms with Crippen molar-refractivity contribution in [1.29, 1.82) is 0 Å². The molecule has 152 valence electrons. The van der Waals surface area contributed by atoms with E-state index in [1.807, 2.05) is 63.2 Å². The maximum atomic E-state index is 12.5. The van der Waals surface area contributed by atoms with Crippen LogP contribution >= 0.6 is 0 Å². The lowest BCUT2D eigenvalue weighted by Crippen LogP contribution is -2.45. The number of benzene rings is 2. The molecule has 29 heavy (non-hydrogen) atoms. The molecule has 2 aromatic rings. The molecule has 1 aliphatic heterocycles. The summed E-state index contributed by atoms with van der Waals surface area (Å²) in [5.74, 6) is 1.04. The highest BCUT2D eigenvalue weighted by Gasteiger charge is 2.32. The number of allylic oxidation sites excluding steroid dienone is 1. The molecule has 0 bridgehead atoms. The first-order chi connectivity index (χ1) is 13.9. The number of carbonyl (C=O) groups is 2. The van der Waals surface area contributed by atoms with Gasteiger partial charge in [0.1, 0.15) is 11.5 Å². The third kappa shape index (κ3) is 4.59. The van der Waals surface area contributed by atoms with E-state index in [1.165, 1.54) is 0 Å². The van der Waals surface area contributed by atoms with Crippen molar-refractivity contribution in [3.05, 3.63) is 70.4 Å². The Morgan fingerprint density at radius 3 is 2.48 bits per heavy atom. The Labute approximate surface area is 170 Å². The minimum absolute atomic E-state index is 0.332. The number of aryl methyl sites for hydroxylation is 1. The Kier molecular flexibility index (Phi) is 6.22. The average Bonchev–Trinajstić information content (AvgIpc) is 2.69. The number of rotatable bonds is 6. The summed E-state index contributed by atoms with van der Waals surface area (Å²) in [5, 5.41) is 5.45. The standard InChI is InChI=1S/C23H26N2O4/c1-5-13-28-22(26)20-16(4)24-23(27)25-21(20)17-9-11-18(12-10-17)29-19-8-6-7-14(2)15(19)3/h6-12,21H,5,13H2,1-4H3,(H2,24,25,27). The fourth-order valence-electron chi connectivity index (χ4n) is 3.18. The first kappa shape index (κ1) is 20.5. The third-order valence-electron chi connectivity index (χ3n) is 4.92. The molecule has 1 unspecified atom stereocenters. The molecule has 1 aliphatic rings. The van der Waals surface area contributed by atoms with E-state index in [1.54, 1.807) is 6.92 Å². The van der Waals surface area contributed by atoms with Gasteiger partial charge >= 0.3 is 12.0 Å². The zero-order chi connectivity index (χ0) is 21.0. The lowest BCUT2D eigenvalue weighted by Gasteiger charge is -2.28. The Morgan fingerprint density at radius 1 is 1.07 bits per heavy atom. The number of carbonyl (C=O) groups excluding carboxylic acids is 2. The largest absolute Gasteiger partial charge is 0.462 e. The van der Waals surface area contributed by atoms with Gasteiger partial charge in [0, 0.05) is 5.70 Å². The summed E-state index contributed by atoms with van der Waals surface area (Å²) < 4.78 is 11.3. The lowest BCUT2D eigenvalue weighted by molar-refractivity contribution is -0.139. The van der Waals surface area contributed by atoms with Crippen molar-refractivity contribution in [2.45, 2.75) is 40.2 Å². The number of urea groups is 1. The summed E-state index contributed by atoms with van der Waals surface area (Å²) in [5.41, 5.74) is 3.92. The second kappa shape index (κ2) is 8.82. The monoisotopic (exact) mass is 394 g/mol. The molecule has 0 radical (unpaired) electrons. The van der Waals surface area contributed by atoms with Gasteiger partial charge in [-0.1, -0.05) is 31.2 Å². The van der Waals surface area contributed by atoms with Gasteiger partial charge in [-0.2, -0.15) is 0 Å². The van der Waals surface area contributed by atoms with E-state index in [4.69, 9.17) is 9.47 Å². The molecule has 1 atom stereocenters. The minimum atomic E-state index is -0.581. The van der Waals surface area contributed by atoms with Crippen LogP contribution in [-0.2, 0) is 9.53 Å². The number of hydrogen-bond acceptors (Lipinski definition) is 4. The Balaban J connectivity index is 1.85. The molecule has 6 nitrogen and oxygen atoms in total. The zero-order valence-electron chi connectivity index (χ0n) is 17.2. The van der Waals surface area contributed by atoms with E-state index in [9.17, 15) is 9.59 Å². The zero-order valence-corrected chi connectivity index (χ0v) is 17.2. The molecular formula is C23H26N2O4. The van der Waals surface area contributed by atoms with Gasteiger partial charge in [0.05, 0.1) is 18.2 Å². The maximum absolute atomic E-state index is 12.5. The van der Waals surface area contributed by atoms with Gasteiger partial charge in [-0.15, -0.1) is 0 Å². The summed E-state index contributed by atoms with van der Waals surface area (Å²) in [7, 11) is 0. The molecule has 0 fully saturated rings. The van der Waals surface area contributed by atoms with Gasteiger partial charge in [-0.3, -0.25) is 0 Å². The number of amides is 2. The Morgan fingerprint density at radius 2 is 1.79 bits per heavy atom. The predicted molar refractivity (Wildman–Crippen MR) is 111 cm³/mol. The summed E-state index contributed by atoms with van der Waals surface area (Å²) >= 11 is 0. The molecule has 3 rings (SSSR count). The Hall–Kier alpha value is -3.28. The molecule has 0 aliphatic carbocycles. The Bertz CT molecular complexity index is 948. The summed E-state index contributed by atoms with van der Waals surface area (Å²) in [6.07, 6.45) is 0.729. The molecule has 0 saturated heterocycles. The van der Waals surface area contributed by atoms with Crippen molar-refractivity contribution in [2.75, 3.05) is 6.61 Å². The second-order valence-corrected chi connectivity index (χ2v) is 7.08. The van der Waals surface area contributed by atoms with Crippen LogP contribution in [0.15, 0.2) is 53.7 Å². The van der Waals surface area contributed by atoms with Crippen molar-refractivity contribution >= 4 is 12.0 Å². The number of nitrogens with one attached hydrogen (secondary N) is 2. The third-order valence-corrected chi connectivity index (χ3v) is 4.92. The average molecular weight is 394 g/mol. The van der Waals surface area contributed by atoms with Crippen molar-refractivity contribution in [1.82, 2.24) is 10.6 Å². The molecule has 1 heterocycles. The van der Waals surface area contributed by atoms with Crippen molar-refractivity contribution in [2.24, 2.45) is 0 Å². The van der Waals surface area contributed by atoms with Crippen LogP contribution in [0, 0.1) is 13.8 Å². The first-order valence-corrected chi connectivity index (χ1v) is 9.70. The summed E-state index contributed by atoms with van der Waals surface area (Å²) in [6, 6.07) is 12.3. The van der Waals surface area contributed by atoms with E-state index in [2.05, 4.69) is 10.6 Å². The van der Waals surface area contributed by atoms with Crippen LogP contribution in [-0.4, -0.2) is 18.6 Å². The first-order valence-electron chi connectivity index (χ1n) is 9.70. The predicted octanol–water partition coefficient (Wildman–Crippen LogP) is 4.68. The highest BCUT2D eigenvalue weighted by atomic mass is 16.5. The van der Waals surface area contributed by atoms with Gasteiger partial charge in [0.15, 0.2) is 0 Å². The van der Waals surface area contributed by atoms with Gasteiger partial charge in [-0.25, -0.2) is 9.59 Å². The van der Waals surface area contributed by atoms with E-state index in [0.717, 1.165) is 28.9 Å². The topological polar surface area (TPSA) is 76.7 Å². The molecule has 0 aromatic heterocycles. The van der Waals surface area contributed by atoms with Crippen molar-refractivity contribution < 1.29 is 19.1 Å². The molecule has 2 N–H and O–H groups in total. The van der Waals surface area contributed by atoms with Crippen LogP contribution in [0.2, 0.25) is 0 Å². The van der Waals surface area contributed by atoms with Crippen LogP contribution in [0.4, 0.5) is 4.79 Å². The van der Waals surface area contributed by atoms with Crippen molar-refractivity contribution in [3.63, 3.8) is 0 Å². The highest BCUT2D eigenvalue weighted by Crippen LogP contribution is 2.31. The van der Waals surface area contributed by atoms with Gasteiger partial charge in [0.25, 0.3) is 0 Å². The minimum Gasteiger partial charge on any atom is -0.462 e. The molecule has 0 saturated carbocycles. The second-order valence-electron chi connectivity index (χ2n) is 7.08. The van der Waals surface area contributed by atoms with Gasteiger partial charge < -0.3 is 20.1 Å². The van der Waals surface area contributed by atoms with E-state index in [0.29, 0.717) is 23.6 Å². The fourth-order valence-corrected chi connectivity index (χ4v) is 3.18. The van der Waals surface area contributed by atoms with Gasteiger partial charge in [-0.05, 0) is 62.1 Å². The number of hydrogen-bond donors (Lipinski definition) is 2. The van der Waals surface area contributed by atoms with Crippen LogP contribution < -0.4 is 15.4 Å². The van der Waals surface area contributed by atoms with Crippen LogP contribution in [0.5, 0.6) is 11.5 Å². The molecule has 6 heteroatoms. The van der Waals surface area contributed by atoms with E-state index < -0.39 is 12.0 Å². The summed E-state index contributed by atoms with van der Waals surface area (Å²) in [4.78, 5) is 24.5. The fraction of sp³-hybridized carbons (Fsp3) is 0.304. The lowest BCUT2D eigenvalue weighted by atomic mass is 9.95. The van der Waals surface area contributed by atoms with Crippen LogP contribution in [0.1, 0.15) is 43.0 Å². The van der Waals surface area contributed by atoms with E-state index >= 15 is 0 Å². The van der Waals surface area contributed by atoms with Crippen LogP contribution in [0.3, 0.4) is 0 Å². The van der Waals surface area contributed by atoms with E-state index in [-0.39, 0.29) is 6.03 Å². The molecule has 2 amide bonds. The normalized spacial score (nSPS) is 16.1. The number of esters is 1. The number of ether oxygens (including phenoxy) is 2. The molecule has 0 spiro atoms. The smallest absolute Gasteiger partial charge is 0.338 e. The van der Waals surface area contributed by atoms with Crippen LogP contribution in [0.25, 0.3) is 0 Å². The SMILES string of the molecule is CCCOC(=O)C1=C(C)NC(=O)NC1c1ccc(Oc2cccc(C)c2C)cc1. The highest BCUT2D eigenvalue weighted by molar-refractivity contribution is 5.95. The quantitative estimate of drug-likeness (QED) is 0.698. The van der Waals surface area contributed by atoms with Crippen molar-refractivity contribution in [3.8, 4) is 11.5 Å².